The minimum absolute atomic E-state index is 0.0342. The molecule has 3 aliphatic rings. The van der Waals surface area contributed by atoms with Crippen LogP contribution in [-0.4, -0.2) is 100 Å². The van der Waals surface area contributed by atoms with Crippen LogP contribution in [0.5, 0.6) is 5.75 Å². The summed E-state index contributed by atoms with van der Waals surface area (Å²) in [6.07, 6.45) is 2.64. The number of amides is 4. The van der Waals surface area contributed by atoms with Gasteiger partial charge in [-0.15, -0.1) is 0 Å². The van der Waals surface area contributed by atoms with Crippen molar-refractivity contribution in [1.82, 2.24) is 40.4 Å². The second-order valence-electron chi connectivity index (χ2n) is 17.6. The molecule has 338 valence electrons. The zero-order chi connectivity index (χ0) is 45.5. The number of imidazole rings is 2. The first-order valence-corrected chi connectivity index (χ1v) is 22.1. The van der Waals surface area contributed by atoms with E-state index in [1.807, 2.05) is 62.1 Å². The van der Waals surface area contributed by atoms with Crippen LogP contribution in [0.4, 0.5) is 9.59 Å². The normalized spacial score (nSPS) is 20.0. The smallest absolute Gasteiger partial charge is 0.407 e. The number of carbonyl (C=O) groups is 4. The molecule has 0 bridgehead atoms. The van der Waals surface area contributed by atoms with Crippen LogP contribution >= 0.6 is 0 Å². The molecular weight excluding hydrogens is 829 g/mol. The van der Waals surface area contributed by atoms with E-state index in [-0.39, 0.29) is 41.8 Å². The minimum atomic E-state index is -0.948. The maximum atomic E-state index is 14.3. The third-order valence-electron chi connectivity index (χ3n) is 13.1. The Balaban J connectivity index is 0.974. The molecule has 0 saturated carbocycles. The van der Waals surface area contributed by atoms with E-state index in [0.717, 1.165) is 68.3 Å². The van der Waals surface area contributed by atoms with E-state index >= 15 is 0 Å². The van der Waals surface area contributed by atoms with E-state index < -0.39 is 24.3 Å². The first kappa shape index (κ1) is 43.3. The zero-order valence-electron chi connectivity index (χ0n) is 37.3. The van der Waals surface area contributed by atoms with Crippen LogP contribution in [0.2, 0.25) is 0 Å². The summed E-state index contributed by atoms with van der Waals surface area (Å²) in [5.74, 6) is 1.61. The molecule has 9 rings (SSSR count). The van der Waals surface area contributed by atoms with Gasteiger partial charge < -0.3 is 49.3 Å². The van der Waals surface area contributed by atoms with Gasteiger partial charge in [0.2, 0.25) is 5.91 Å². The SMILES string of the molecule is COC[C@H]1C[C@@H](c2ncc(-c3ccc4c(c3)COc3cc5c(ccc6[nH]c([C@@H]7CC[C@H](C)N7C(=O)C(NC(=O)OC)C(C)C)nc65)cc3-4)[nH]2)N(C(=O)[C@H](NC(=O)OC)c2ccccc2)C1. The molecule has 65 heavy (non-hydrogen) atoms. The van der Waals surface area contributed by atoms with Gasteiger partial charge in [0, 0.05) is 36.6 Å². The van der Waals surface area contributed by atoms with Crippen molar-refractivity contribution in [2.24, 2.45) is 11.8 Å². The fourth-order valence-corrected chi connectivity index (χ4v) is 9.83. The summed E-state index contributed by atoms with van der Waals surface area (Å²) in [5.41, 5.74) is 7.09. The highest BCUT2D eigenvalue weighted by atomic mass is 16.5. The van der Waals surface area contributed by atoms with Crippen LogP contribution in [0.1, 0.15) is 80.9 Å². The Morgan fingerprint density at radius 3 is 2.40 bits per heavy atom. The molecule has 0 radical (unpaired) electrons. The molecule has 16 nitrogen and oxygen atoms in total. The number of aromatic amines is 2. The van der Waals surface area contributed by atoms with Gasteiger partial charge in [-0.05, 0) is 84.0 Å². The Hall–Kier alpha value is -6.94. The largest absolute Gasteiger partial charge is 0.488 e. The van der Waals surface area contributed by atoms with Gasteiger partial charge in [0.15, 0.2) is 0 Å². The van der Waals surface area contributed by atoms with E-state index in [4.69, 9.17) is 28.9 Å². The Morgan fingerprint density at radius 2 is 1.65 bits per heavy atom. The Morgan fingerprint density at radius 1 is 0.862 bits per heavy atom. The lowest BCUT2D eigenvalue weighted by molar-refractivity contribution is -0.137. The van der Waals surface area contributed by atoms with E-state index in [2.05, 4.69) is 57.0 Å². The number of benzene rings is 4. The summed E-state index contributed by atoms with van der Waals surface area (Å²) in [5, 5.41) is 7.42. The van der Waals surface area contributed by atoms with Gasteiger partial charge in [0.1, 0.15) is 36.1 Å². The van der Waals surface area contributed by atoms with Crippen molar-refractivity contribution in [2.45, 2.75) is 76.8 Å². The van der Waals surface area contributed by atoms with Gasteiger partial charge in [0.05, 0.1) is 55.8 Å². The number of methoxy groups -OCH3 is 3. The molecular formula is C49H54N8O8. The molecule has 0 spiro atoms. The van der Waals surface area contributed by atoms with Crippen LogP contribution in [0, 0.1) is 11.8 Å². The number of hydrogen-bond donors (Lipinski definition) is 4. The summed E-state index contributed by atoms with van der Waals surface area (Å²) >= 11 is 0. The summed E-state index contributed by atoms with van der Waals surface area (Å²) < 4.78 is 21.7. The molecule has 5 heterocycles. The predicted molar refractivity (Wildman–Crippen MR) is 243 cm³/mol. The summed E-state index contributed by atoms with van der Waals surface area (Å²) in [6.45, 7) is 7.11. The van der Waals surface area contributed by atoms with Crippen molar-refractivity contribution < 1.29 is 38.1 Å². The number of nitrogens with zero attached hydrogens (tertiary/aromatic N) is 4. The molecule has 4 amide bonds. The standard InChI is InChI=1S/C49H54N8O8/c1-26(2)41(54-48(60)63-5)47(59)57-27(3)12-17-38(57)45-51-36-16-14-30-20-35-33-15-13-31(19-32(33)25-65-40(35)21-34(30)43(36)53-45)37-22-50-44(52-37)39-18-28(24-62-4)23-56(39)46(58)42(55-49(61)64-6)29-10-8-7-9-11-29/h7-11,13-16,19-22,26-28,38-39,41-42H,12,17-18,23-25H2,1-6H3,(H,50,52)(H,51,53)(H,54,60)(H,55,61)/t27-,28-,38-,39-,41?,42+/m0/s1. The molecule has 1 unspecified atom stereocenters. The minimum Gasteiger partial charge on any atom is -0.488 e. The number of aromatic nitrogens is 4. The number of likely N-dealkylation sites (tertiary alicyclic amines) is 2. The van der Waals surface area contributed by atoms with Gasteiger partial charge >= 0.3 is 12.2 Å². The van der Waals surface area contributed by atoms with Crippen LogP contribution in [0.15, 0.2) is 79.0 Å². The second kappa shape index (κ2) is 17.9. The van der Waals surface area contributed by atoms with Crippen molar-refractivity contribution in [3.63, 3.8) is 0 Å². The second-order valence-corrected chi connectivity index (χ2v) is 17.6. The number of rotatable bonds is 11. The number of alkyl carbamates (subject to hydrolysis) is 2. The summed E-state index contributed by atoms with van der Waals surface area (Å²) in [4.78, 5) is 73.5. The number of H-pyrrole nitrogens is 2. The molecule has 2 fully saturated rings. The number of nitrogens with one attached hydrogen (secondary N) is 4. The summed E-state index contributed by atoms with van der Waals surface area (Å²) in [6, 6.07) is 21.3. The molecule has 3 aliphatic heterocycles. The monoisotopic (exact) mass is 882 g/mol. The average Bonchev–Trinajstić information content (AvgIpc) is 4.15. The van der Waals surface area contributed by atoms with Gasteiger partial charge in [0.25, 0.3) is 5.91 Å². The fraction of sp³-hybridized carbons (Fsp3) is 0.388. The number of hydrogen-bond acceptors (Lipinski definition) is 10. The molecule has 16 heteroatoms. The topological polar surface area (TPSA) is 193 Å². The Kier molecular flexibility index (Phi) is 11.9. The molecule has 6 aromatic rings. The highest BCUT2D eigenvalue weighted by molar-refractivity contribution is 6.07. The zero-order valence-corrected chi connectivity index (χ0v) is 37.3. The van der Waals surface area contributed by atoms with Crippen molar-refractivity contribution in [2.75, 3.05) is 34.5 Å². The number of fused-ring (bicyclic) bond motifs is 6. The van der Waals surface area contributed by atoms with Crippen LogP contribution < -0.4 is 15.4 Å². The Bertz CT molecular complexity index is 2770. The van der Waals surface area contributed by atoms with Gasteiger partial charge in [-0.25, -0.2) is 19.6 Å². The maximum absolute atomic E-state index is 14.3. The van der Waals surface area contributed by atoms with Crippen molar-refractivity contribution in [3.8, 4) is 28.1 Å². The van der Waals surface area contributed by atoms with Crippen molar-refractivity contribution in [1.29, 1.82) is 0 Å². The first-order valence-electron chi connectivity index (χ1n) is 22.1. The lowest BCUT2D eigenvalue weighted by Crippen LogP contribution is -2.52. The molecule has 4 N–H and O–H groups in total. The third-order valence-corrected chi connectivity index (χ3v) is 13.1. The van der Waals surface area contributed by atoms with E-state index in [0.29, 0.717) is 43.4 Å². The van der Waals surface area contributed by atoms with Crippen LogP contribution in [0.3, 0.4) is 0 Å². The maximum Gasteiger partial charge on any atom is 0.407 e. The highest BCUT2D eigenvalue weighted by Gasteiger charge is 2.43. The van der Waals surface area contributed by atoms with Crippen LogP contribution in [0.25, 0.3) is 44.2 Å². The predicted octanol–water partition coefficient (Wildman–Crippen LogP) is 7.73. The van der Waals surface area contributed by atoms with Gasteiger partial charge in [-0.2, -0.15) is 0 Å². The highest BCUT2D eigenvalue weighted by Crippen LogP contribution is 2.44. The lowest BCUT2D eigenvalue weighted by Gasteiger charge is -2.32. The van der Waals surface area contributed by atoms with Crippen molar-refractivity contribution in [3.05, 3.63) is 102 Å². The summed E-state index contributed by atoms with van der Waals surface area (Å²) in [7, 11) is 4.22. The molecule has 6 atom stereocenters. The average molecular weight is 883 g/mol. The van der Waals surface area contributed by atoms with Crippen LogP contribution in [-0.2, 0) is 30.4 Å². The number of carbonyl (C=O) groups excluding carboxylic acids is 4. The molecule has 4 aromatic carbocycles. The van der Waals surface area contributed by atoms with Crippen molar-refractivity contribution >= 4 is 45.8 Å². The fourth-order valence-electron chi connectivity index (χ4n) is 9.83. The third kappa shape index (κ3) is 8.22. The molecule has 0 aliphatic carbocycles. The van der Waals surface area contributed by atoms with Gasteiger partial charge in [-0.3, -0.25) is 9.59 Å². The quantitative estimate of drug-likeness (QED) is 0.100. The lowest BCUT2D eigenvalue weighted by atomic mass is 9.92. The Labute approximate surface area is 376 Å². The number of ether oxygens (including phenoxy) is 4. The molecule has 2 aromatic heterocycles. The van der Waals surface area contributed by atoms with E-state index in [1.165, 1.54) is 14.2 Å². The molecule has 2 saturated heterocycles. The van der Waals surface area contributed by atoms with Gasteiger partial charge in [-0.1, -0.05) is 62.4 Å². The van der Waals surface area contributed by atoms with E-state index in [1.54, 1.807) is 18.2 Å². The first-order chi connectivity index (χ1) is 31.5. The van der Waals surface area contributed by atoms with E-state index in [9.17, 15) is 19.2 Å².